The molecule has 1 aliphatic rings. The van der Waals surface area contributed by atoms with Gasteiger partial charge < -0.3 is 9.84 Å². The number of ether oxygens (including phenoxy) is 1. The number of benzene rings is 2. The number of terminal acetylenes is 1. The van der Waals surface area contributed by atoms with Crippen molar-refractivity contribution in [1.29, 1.82) is 0 Å². The minimum atomic E-state index is -1.36. The molecule has 0 saturated heterocycles. The standard InChI is InChI=1S/C16H12O2/c1-3-16(17)14-7-5-4-6-12(14)13-9-8-11(18-2)10-15(13)16/h1,4-10,17H,2H3. The molecular formula is C16H12O2. The van der Waals surface area contributed by atoms with Crippen LogP contribution in [0.4, 0.5) is 0 Å². The lowest BCUT2D eigenvalue weighted by molar-refractivity contribution is 0.150. The van der Waals surface area contributed by atoms with Crippen molar-refractivity contribution in [3.63, 3.8) is 0 Å². The summed E-state index contributed by atoms with van der Waals surface area (Å²) in [5.74, 6) is 3.19. The molecule has 0 heterocycles. The fourth-order valence-corrected chi connectivity index (χ4v) is 2.52. The summed E-state index contributed by atoms with van der Waals surface area (Å²) < 4.78 is 5.20. The van der Waals surface area contributed by atoms with Gasteiger partial charge in [0.25, 0.3) is 0 Å². The van der Waals surface area contributed by atoms with Crippen LogP contribution in [-0.2, 0) is 5.60 Å². The minimum absolute atomic E-state index is 0.690. The van der Waals surface area contributed by atoms with Gasteiger partial charge in [-0.05, 0) is 23.3 Å². The van der Waals surface area contributed by atoms with Crippen molar-refractivity contribution >= 4 is 0 Å². The lowest BCUT2D eigenvalue weighted by Crippen LogP contribution is -2.21. The van der Waals surface area contributed by atoms with Gasteiger partial charge in [-0.25, -0.2) is 0 Å². The third-order valence-electron chi connectivity index (χ3n) is 3.43. The summed E-state index contributed by atoms with van der Waals surface area (Å²) in [6.07, 6.45) is 5.55. The third kappa shape index (κ3) is 1.23. The molecule has 0 amide bonds. The monoisotopic (exact) mass is 236 g/mol. The van der Waals surface area contributed by atoms with Crippen LogP contribution in [0.5, 0.6) is 5.75 Å². The average molecular weight is 236 g/mol. The molecule has 0 radical (unpaired) electrons. The van der Waals surface area contributed by atoms with Crippen LogP contribution in [0.25, 0.3) is 11.1 Å². The molecule has 0 aliphatic heterocycles. The zero-order valence-electron chi connectivity index (χ0n) is 9.97. The van der Waals surface area contributed by atoms with E-state index in [2.05, 4.69) is 5.92 Å². The fourth-order valence-electron chi connectivity index (χ4n) is 2.52. The summed E-state index contributed by atoms with van der Waals surface area (Å²) in [5, 5.41) is 10.7. The SMILES string of the molecule is C#CC1(O)c2ccccc2-c2ccc(OC)cc21. The quantitative estimate of drug-likeness (QED) is 0.771. The maximum Gasteiger partial charge on any atom is 0.177 e. The van der Waals surface area contributed by atoms with E-state index in [1.165, 1.54) is 0 Å². The highest BCUT2D eigenvalue weighted by Gasteiger charge is 2.40. The molecule has 0 spiro atoms. The summed E-state index contributed by atoms with van der Waals surface area (Å²) in [7, 11) is 1.60. The van der Waals surface area contributed by atoms with Gasteiger partial charge in [0, 0.05) is 11.1 Å². The molecule has 88 valence electrons. The van der Waals surface area contributed by atoms with Gasteiger partial charge in [-0.3, -0.25) is 0 Å². The van der Waals surface area contributed by atoms with E-state index in [0.717, 1.165) is 16.7 Å². The Kier molecular flexibility index (Phi) is 2.19. The van der Waals surface area contributed by atoms with Crippen molar-refractivity contribution in [2.45, 2.75) is 5.60 Å². The van der Waals surface area contributed by atoms with Crippen LogP contribution in [0.1, 0.15) is 11.1 Å². The molecule has 1 aliphatic carbocycles. The van der Waals surface area contributed by atoms with Gasteiger partial charge in [0.15, 0.2) is 5.60 Å². The minimum Gasteiger partial charge on any atom is -0.497 e. The molecule has 0 bridgehead atoms. The van der Waals surface area contributed by atoms with Gasteiger partial charge in [-0.15, -0.1) is 6.42 Å². The largest absolute Gasteiger partial charge is 0.497 e. The molecule has 2 aromatic rings. The Bertz CT molecular complexity index is 667. The van der Waals surface area contributed by atoms with E-state index in [9.17, 15) is 5.11 Å². The highest BCUT2D eigenvalue weighted by atomic mass is 16.5. The van der Waals surface area contributed by atoms with Crippen molar-refractivity contribution in [3.8, 4) is 29.2 Å². The van der Waals surface area contributed by atoms with Crippen molar-refractivity contribution in [2.75, 3.05) is 7.11 Å². The fraction of sp³-hybridized carbons (Fsp3) is 0.125. The Morgan fingerprint density at radius 3 is 2.56 bits per heavy atom. The lowest BCUT2D eigenvalue weighted by Gasteiger charge is -2.19. The predicted octanol–water partition coefficient (Wildman–Crippen LogP) is 2.54. The van der Waals surface area contributed by atoms with Crippen LogP contribution in [0.15, 0.2) is 42.5 Å². The first kappa shape index (κ1) is 10.9. The number of methoxy groups -OCH3 is 1. The second-order valence-corrected chi connectivity index (χ2v) is 4.31. The highest BCUT2D eigenvalue weighted by Crippen LogP contribution is 2.47. The second-order valence-electron chi connectivity index (χ2n) is 4.31. The topological polar surface area (TPSA) is 29.5 Å². The van der Waals surface area contributed by atoms with Crippen molar-refractivity contribution in [3.05, 3.63) is 53.6 Å². The normalized spacial score (nSPS) is 19.8. The summed E-state index contributed by atoms with van der Waals surface area (Å²) in [6, 6.07) is 13.3. The maximum atomic E-state index is 10.7. The molecule has 2 aromatic carbocycles. The van der Waals surface area contributed by atoms with Crippen LogP contribution in [0.2, 0.25) is 0 Å². The van der Waals surface area contributed by atoms with E-state index in [-0.39, 0.29) is 0 Å². The Balaban J connectivity index is 2.36. The predicted molar refractivity (Wildman–Crippen MR) is 70.3 cm³/mol. The molecule has 3 rings (SSSR count). The highest BCUT2D eigenvalue weighted by molar-refractivity contribution is 5.82. The van der Waals surface area contributed by atoms with E-state index in [4.69, 9.17) is 11.2 Å². The van der Waals surface area contributed by atoms with Gasteiger partial charge >= 0.3 is 0 Å². The van der Waals surface area contributed by atoms with Crippen LogP contribution in [-0.4, -0.2) is 12.2 Å². The Hall–Kier alpha value is -2.24. The van der Waals surface area contributed by atoms with E-state index in [0.29, 0.717) is 11.3 Å². The molecule has 2 nitrogen and oxygen atoms in total. The molecule has 2 heteroatoms. The number of rotatable bonds is 1. The molecule has 0 aromatic heterocycles. The van der Waals surface area contributed by atoms with Gasteiger partial charge in [0.05, 0.1) is 7.11 Å². The van der Waals surface area contributed by atoms with Crippen LogP contribution in [0.3, 0.4) is 0 Å². The second kappa shape index (κ2) is 3.63. The Labute approximate surface area is 106 Å². The first-order chi connectivity index (χ1) is 8.70. The van der Waals surface area contributed by atoms with Gasteiger partial charge in [-0.1, -0.05) is 36.3 Å². The summed E-state index contributed by atoms with van der Waals surface area (Å²) >= 11 is 0. The zero-order chi connectivity index (χ0) is 12.8. The van der Waals surface area contributed by atoms with Crippen molar-refractivity contribution < 1.29 is 9.84 Å². The van der Waals surface area contributed by atoms with E-state index < -0.39 is 5.60 Å². The number of aliphatic hydroxyl groups is 1. The lowest BCUT2D eigenvalue weighted by atomic mass is 9.92. The van der Waals surface area contributed by atoms with Gasteiger partial charge in [0.1, 0.15) is 5.75 Å². The molecule has 1 N–H and O–H groups in total. The van der Waals surface area contributed by atoms with E-state index in [1.54, 1.807) is 13.2 Å². The molecular weight excluding hydrogens is 224 g/mol. The Morgan fingerprint density at radius 2 is 1.83 bits per heavy atom. The van der Waals surface area contributed by atoms with Crippen molar-refractivity contribution in [2.24, 2.45) is 0 Å². The number of hydrogen-bond acceptors (Lipinski definition) is 2. The maximum absolute atomic E-state index is 10.7. The average Bonchev–Trinajstić information content (AvgIpc) is 2.69. The Morgan fingerprint density at radius 1 is 1.11 bits per heavy atom. The van der Waals surface area contributed by atoms with Gasteiger partial charge in [-0.2, -0.15) is 0 Å². The molecule has 0 fully saturated rings. The summed E-state index contributed by atoms with van der Waals surface area (Å²) in [6.45, 7) is 0. The first-order valence-electron chi connectivity index (χ1n) is 5.69. The van der Waals surface area contributed by atoms with Gasteiger partial charge in [0.2, 0.25) is 0 Å². The molecule has 1 atom stereocenters. The summed E-state index contributed by atoms with van der Waals surface area (Å²) in [5.41, 5.74) is 2.06. The van der Waals surface area contributed by atoms with E-state index >= 15 is 0 Å². The number of fused-ring (bicyclic) bond motifs is 3. The van der Waals surface area contributed by atoms with E-state index in [1.807, 2.05) is 36.4 Å². The van der Waals surface area contributed by atoms with Crippen LogP contribution >= 0.6 is 0 Å². The molecule has 0 saturated carbocycles. The molecule has 1 unspecified atom stereocenters. The molecule has 18 heavy (non-hydrogen) atoms. The van der Waals surface area contributed by atoms with Crippen LogP contribution < -0.4 is 4.74 Å². The third-order valence-corrected chi connectivity index (χ3v) is 3.43. The summed E-state index contributed by atoms with van der Waals surface area (Å²) in [4.78, 5) is 0. The first-order valence-corrected chi connectivity index (χ1v) is 5.69. The number of hydrogen-bond donors (Lipinski definition) is 1. The smallest absolute Gasteiger partial charge is 0.177 e. The van der Waals surface area contributed by atoms with Crippen molar-refractivity contribution in [1.82, 2.24) is 0 Å². The zero-order valence-corrected chi connectivity index (χ0v) is 9.97. The van der Waals surface area contributed by atoms with Crippen LogP contribution in [0, 0.1) is 12.3 Å².